The lowest BCUT2D eigenvalue weighted by Gasteiger charge is -2.21. The Hall–Kier alpha value is -1.42. The fraction of sp³-hybridized carbons (Fsp3) is 0.462. The van der Waals surface area contributed by atoms with E-state index >= 15 is 0 Å². The molecule has 1 aromatic heterocycles. The molecule has 0 spiro atoms. The Morgan fingerprint density at radius 2 is 1.96 bits per heavy atom. The number of carbonyl (C=O) groups excluding carboxylic acids is 1. The van der Waals surface area contributed by atoms with Crippen LogP contribution in [0.2, 0.25) is 0 Å². The average Bonchev–Trinajstić information content (AvgIpc) is 2.34. The Bertz CT molecular complexity index is 617. The quantitative estimate of drug-likeness (QED) is 0.445. The maximum Gasteiger partial charge on any atom is 0.434 e. The molecule has 0 bridgehead atoms. The molecule has 1 rings (SSSR count). The highest BCUT2D eigenvalue weighted by atomic mass is 32.1. The molecule has 1 heterocycles. The van der Waals surface area contributed by atoms with Crippen LogP contribution in [0.3, 0.4) is 0 Å². The number of carbonyl (C=O) groups is 1. The molecule has 0 aromatic carbocycles. The van der Waals surface area contributed by atoms with Crippen molar-refractivity contribution in [1.29, 1.82) is 0 Å². The predicted octanol–water partition coefficient (Wildman–Crippen LogP) is 3.90. The fourth-order valence-corrected chi connectivity index (χ4v) is 2.39. The highest BCUT2D eigenvalue weighted by molar-refractivity contribution is 7.80. The standard InChI is InChI=1S/C13H12F5NO2S2/c1-5(2)3-6-7(11(23)21-12(14)15)4-19-9(13(16,17)18)8(6)10(20)22/h4-5,12H,3H2,1-2H3,(H,20,22)/p-1. The normalized spacial score (nSPS) is 11.9. The molecule has 0 saturated carbocycles. The van der Waals surface area contributed by atoms with Crippen LogP contribution in [0, 0.1) is 5.92 Å². The summed E-state index contributed by atoms with van der Waals surface area (Å²) in [5.74, 6) is -0.195. The van der Waals surface area contributed by atoms with Gasteiger partial charge in [-0.25, -0.2) is 0 Å². The summed E-state index contributed by atoms with van der Waals surface area (Å²) >= 11 is 9.02. The molecular formula is C13H11F5NO2S2-. The van der Waals surface area contributed by atoms with Crippen molar-refractivity contribution in [3.05, 3.63) is 28.6 Å². The van der Waals surface area contributed by atoms with E-state index in [2.05, 4.69) is 34.6 Å². The van der Waals surface area contributed by atoms with Gasteiger partial charge in [-0.05, 0) is 30.1 Å². The summed E-state index contributed by atoms with van der Waals surface area (Å²) < 4.78 is 67.7. The lowest BCUT2D eigenvalue weighted by Crippen LogP contribution is -2.22. The highest BCUT2D eigenvalue weighted by Crippen LogP contribution is 2.34. The first-order valence-electron chi connectivity index (χ1n) is 6.24. The predicted molar refractivity (Wildman–Crippen MR) is 78.3 cm³/mol. The minimum atomic E-state index is -4.92. The zero-order valence-corrected chi connectivity index (χ0v) is 13.5. The lowest BCUT2D eigenvalue weighted by molar-refractivity contribution is -0.141. The number of rotatable bonds is 5. The topological polar surface area (TPSA) is 39.2 Å². The van der Waals surface area contributed by atoms with E-state index in [1.165, 1.54) is 0 Å². The molecule has 0 aliphatic heterocycles. The van der Waals surface area contributed by atoms with E-state index in [-0.39, 0.29) is 23.5 Å². The van der Waals surface area contributed by atoms with E-state index in [1.54, 1.807) is 13.8 Å². The monoisotopic (exact) mass is 372 g/mol. The molecule has 23 heavy (non-hydrogen) atoms. The van der Waals surface area contributed by atoms with Crippen molar-refractivity contribution in [3.8, 4) is 0 Å². The van der Waals surface area contributed by atoms with Gasteiger partial charge in [0, 0.05) is 16.9 Å². The molecule has 0 atom stereocenters. The average molecular weight is 372 g/mol. The molecule has 0 aliphatic rings. The molecule has 1 aromatic rings. The Labute approximate surface area is 139 Å². The van der Waals surface area contributed by atoms with Crippen LogP contribution in [-0.2, 0) is 30.0 Å². The van der Waals surface area contributed by atoms with Gasteiger partial charge in [0.05, 0.1) is 5.56 Å². The van der Waals surface area contributed by atoms with Gasteiger partial charge in [-0.1, -0.05) is 13.8 Å². The number of nitrogens with zero attached hydrogens (tertiary/aromatic N) is 1. The van der Waals surface area contributed by atoms with E-state index in [4.69, 9.17) is 0 Å². The Morgan fingerprint density at radius 3 is 2.35 bits per heavy atom. The second-order valence-electron chi connectivity index (χ2n) is 4.92. The zero-order chi connectivity index (χ0) is 17.9. The number of thiocarbonyl (C=S) groups is 1. The SMILES string of the molecule is CC(C)Cc1c(C(=S)OC(F)F)cnc(C(F)(F)F)c1C(=O)[S-]. The largest absolute Gasteiger partial charge is 0.737 e. The summed E-state index contributed by atoms with van der Waals surface area (Å²) in [4.78, 5) is 14.7. The van der Waals surface area contributed by atoms with Crippen molar-refractivity contribution < 1.29 is 31.5 Å². The van der Waals surface area contributed by atoms with Crippen molar-refractivity contribution in [3.63, 3.8) is 0 Å². The van der Waals surface area contributed by atoms with Gasteiger partial charge >= 0.3 is 12.8 Å². The van der Waals surface area contributed by atoms with Crippen molar-refractivity contribution in [2.45, 2.75) is 33.1 Å². The summed E-state index contributed by atoms with van der Waals surface area (Å²) in [7, 11) is 0. The maximum atomic E-state index is 13.0. The summed E-state index contributed by atoms with van der Waals surface area (Å²) in [5.41, 5.74) is -2.76. The second kappa shape index (κ2) is 7.43. The van der Waals surface area contributed by atoms with Gasteiger partial charge in [-0.15, -0.1) is 0 Å². The van der Waals surface area contributed by atoms with Crippen molar-refractivity contribution in [1.82, 2.24) is 4.98 Å². The Morgan fingerprint density at radius 1 is 1.39 bits per heavy atom. The minimum Gasteiger partial charge on any atom is -0.737 e. The zero-order valence-electron chi connectivity index (χ0n) is 11.9. The molecule has 10 heteroatoms. The molecule has 128 valence electrons. The van der Waals surface area contributed by atoms with Crippen LogP contribution in [0.4, 0.5) is 22.0 Å². The number of alkyl halides is 5. The Kier molecular flexibility index (Phi) is 6.34. The molecule has 0 radical (unpaired) electrons. The third kappa shape index (κ3) is 5.03. The molecule has 0 N–H and O–H groups in total. The van der Waals surface area contributed by atoms with Gasteiger partial charge in [0.15, 0.2) is 10.7 Å². The van der Waals surface area contributed by atoms with Crippen LogP contribution in [0.25, 0.3) is 0 Å². The van der Waals surface area contributed by atoms with Crippen LogP contribution in [-0.4, -0.2) is 21.8 Å². The smallest absolute Gasteiger partial charge is 0.434 e. The number of halogens is 5. The number of aromatic nitrogens is 1. The fourth-order valence-electron chi connectivity index (χ4n) is 1.92. The van der Waals surface area contributed by atoms with Gasteiger partial charge in [-0.3, -0.25) is 4.98 Å². The van der Waals surface area contributed by atoms with Crippen molar-refractivity contribution >= 4 is 35.0 Å². The van der Waals surface area contributed by atoms with Gasteiger partial charge in [0.1, 0.15) is 0 Å². The van der Waals surface area contributed by atoms with Gasteiger partial charge in [0.25, 0.3) is 0 Å². The van der Waals surface area contributed by atoms with Crippen LogP contribution in [0.15, 0.2) is 6.20 Å². The lowest BCUT2D eigenvalue weighted by atomic mass is 9.93. The number of pyridine rings is 1. The number of ether oxygens (including phenoxy) is 1. The van der Waals surface area contributed by atoms with Crippen LogP contribution in [0.5, 0.6) is 0 Å². The highest BCUT2D eigenvalue weighted by Gasteiger charge is 2.37. The number of hydrogen-bond acceptors (Lipinski definition) is 5. The van der Waals surface area contributed by atoms with E-state index in [9.17, 15) is 26.7 Å². The molecule has 0 saturated heterocycles. The second-order valence-corrected chi connectivity index (χ2v) is 5.66. The Balaban J connectivity index is 3.63. The third-order valence-electron chi connectivity index (χ3n) is 2.69. The number of hydrogen-bond donors (Lipinski definition) is 0. The van der Waals surface area contributed by atoms with Crippen molar-refractivity contribution in [2.75, 3.05) is 0 Å². The molecule has 0 amide bonds. The van der Waals surface area contributed by atoms with E-state index < -0.39 is 34.2 Å². The van der Waals surface area contributed by atoms with Gasteiger partial charge < -0.3 is 22.2 Å². The first-order chi connectivity index (χ1) is 10.4. The van der Waals surface area contributed by atoms with Gasteiger partial charge in [-0.2, -0.15) is 22.0 Å². The maximum absolute atomic E-state index is 13.0. The van der Waals surface area contributed by atoms with Crippen molar-refractivity contribution in [2.24, 2.45) is 5.92 Å². The third-order valence-corrected chi connectivity index (χ3v) is 3.21. The molecule has 3 nitrogen and oxygen atoms in total. The van der Waals surface area contributed by atoms with Crippen LogP contribution < -0.4 is 0 Å². The van der Waals surface area contributed by atoms with Gasteiger partial charge in [0.2, 0.25) is 0 Å². The summed E-state index contributed by atoms with van der Waals surface area (Å²) in [6, 6.07) is 0. The summed E-state index contributed by atoms with van der Waals surface area (Å²) in [6.45, 7) is 0.0949. The molecular weight excluding hydrogens is 361 g/mol. The summed E-state index contributed by atoms with van der Waals surface area (Å²) in [5, 5.41) is -2.03. The summed E-state index contributed by atoms with van der Waals surface area (Å²) in [6.07, 6.45) is -4.28. The van der Waals surface area contributed by atoms with E-state index in [1.807, 2.05) is 0 Å². The van der Waals surface area contributed by atoms with E-state index in [0.29, 0.717) is 6.20 Å². The molecule has 0 fully saturated rings. The minimum absolute atomic E-state index is 0.0363. The molecule has 0 unspecified atom stereocenters. The molecule has 0 aliphatic carbocycles. The van der Waals surface area contributed by atoms with Crippen LogP contribution >= 0.6 is 12.2 Å². The van der Waals surface area contributed by atoms with E-state index in [0.717, 1.165) is 0 Å². The first-order valence-corrected chi connectivity index (χ1v) is 7.06. The first kappa shape index (κ1) is 19.6. The van der Waals surface area contributed by atoms with Crippen LogP contribution in [0.1, 0.15) is 41.0 Å².